The lowest BCUT2D eigenvalue weighted by atomic mass is 9.99. The van der Waals surface area contributed by atoms with Gasteiger partial charge in [0.1, 0.15) is 37.1 Å². The van der Waals surface area contributed by atoms with Crippen LogP contribution in [0.2, 0.25) is 0 Å². The van der Waals surface area contributed by atoms with E-state index in [0.717, 1.165) is 6.42 Å². The van der Waals surface area contributed by atoms with Crippen molar-refractivity contribution in [1.82, 2.24) is 10.6 Å². The van der Waals surface area contributed by atoms with Crippen molar-refractivity contribution >= 4 is 17.6 Å². The van der Waals surface area contributed by atoms with Crippen LogP contribution in [0.3, 0.4) is 0 Å². The Labute approximate surface area is 181 Å². The summed E-state index contributed by atoms with van der Waals surface area (Å²) in [5.41, 5.74) is 5.49. The van der Waals surface area contributed by atoms with E-state index in [4.69, 9.17) is 15.2 Å². The van der Waals surface area contributed by atoms with Crippen molar-refractivity contribution in [3.05, 3.63) is 0 Å². The van der Waals surface area contributed by atoms with E-state index in [-0.39, 0.29) is 5.91 Å². The fourth-order valence-corrected chi connectivity index (χ4v) is 2.95. The maximum absolute atomic E-state index is 12.4. The highest BCUT2D eigenvalue weighted by Crippen LogP contribution is 2.21. The number of nitrogens with two attached hydrogens (primary N) is 1. The van der Waals surface area contributed by atoms with Crippen molar-refractivity contribution in [3.8, 4) is 0 Å². The maximum atomic E-state index is 12.4. The van der Waals surface area contributed by atoms with Gasteiger partial charge in [-0.3, -0.25) is 14.6 Å². The van der Waals surface area contributed by atoms with Gasteiger partial charge in [-0.15, -0.1) is 0 Å². The zero-order chi connectivity index (χ0) is 23.4. The van der Waals surface area contributed by atoms with Crippen molar-refractivity contribution in [2.24, 2.45) is 10.7 Å². The minimum absolute atomic E-state index is 0.318. The first-order valence-electron chi connectivity index (χ1n) is 10.5. The number of ether oxygens (including phenoxy) is 2. The molecule has 0 aromatic carbocycles. The minimum atomic E-state index is -1.61. The van der Waals surface area contributed by atoms with Crippen molar-refractivity contribution in [2.45, 2.75) is 76.3 Å². The van der Waals surface area contributed by atoms with Crippen molar-refractivity contribution in [3.63, 3.8) is 0 Å². The number of amidine groups is 1. The Morgan fingerprint density at radius 1 is 1.19 bits per heavy atom. The first kappa shape index (κ1) is 27.2. The van der Waals surface area contributed by atoms with E-state index in [0.29, 0.717) is 38.2 Å². The minimum Gasteiger partial charge on any atom is -0.394 e. The molecule has 1 aliphatic heterocycles. The lowest BCUT2D eigenvalue weighted by molar-refractivity contribution is -0.299. The molecule has 1 fully saturated rings. The van der Waals surface area contributed by atoms with Crippen LogP contribution in [-0.2, 0) is 19.1 Å². The van der Waals surface area contributed by atoms with Crippen LogP contribution in [0.4, 0.5) is 0 Å². The van der Waals surface area contributed by atoms with Crippen LogP contribution in [-0.4, -0.2) is 101 Å². The molecule has 0 spiro atoms. The number of carbonyl (C=O) groups excluding carboxylic acids is 2. The molecule has 12 nitrogen and oxygen atoms in total. The van der Waals surface area contributed by atoms with Crippen LogP contribution < -0.4 is 16.4 Å². The highest BCUT2D eigenvalue weighted by atomic mass is 16.7. The molecule has 6 atom stereocenters. The van der Waals surface area contributed by atoms with Crippen molar-refractivity contribution in [2.75, 3.05) is 26.3 Å². The molecule has 0 bridgehead atoms. The highest BCUT2D eigenvalue weighted by Gasteiger charge is 2.44. The Hall–Kier alpha value is -1.83. The lowest BCUT2D eigenvalue weighted by Gasteiger charge is -2.39. The summed E-state index contributed by atoms with van der Waals surface area (Å²) in [6, 6.07) is -0.777. The number of amides is 2. The second-order valence-corrected chi connectivity index (χ2v) is 7.44. The third-order valence-corrected chi connectivity index (χ3v) is 4.69. The number of aliphatic hydroxyl groups excluding tert-OH is 4. The average molecular weight is 449 g/mol. The summed E-state index contributed by atoms with van der Waals surface area (Å²) in [5.74, 6) is -0.457. The number of nitrogens with one attached hydrogen (secondary N) is 2. The zero-order valence-electron chi connectivity index (χ0n) is 18.1. The number of aliphatic imine (C=N–C) groups is 1. The van der Waals surface area contributed by atoms with Gasteiger partial charge in [-0.05, 0) is 32.6 Å². The molecule has 1 rings (SSSR count). The topological polar surface area (TPSA) is 196 Å². The van der Waals surface area contributed by atoms with Crippen LogP contribution in [0.1, 0.15) is 39.5 Å². The van der Waals surface area contributed by atoms with Gasteiger partial charge in [-0.25, -0.2) is 0 Å². The Morgan fingerprint density at radius 3 is 2.52 bits per heavy atom. The van der Waals surface area contributed by atoms with Gasteiger partial charge in [-0.2, -0.15) is 0 Å². The van der Waals surface area contributed by atoms with Crippen LogP contribution in [0.5, 0.6) is 0 Å². The first-order valence-corrected chi connectivity index (χ1v) is 10.5. The van der Waals surface area contributed by atoms with E-state index in [1.807, 2.05) is 6.92 Å². The van der Waals surface area contributed by atoms with Gasteiger partial charge >= 0.3 is 0 Å². The molecule has 0 aromatic rings. The predicted molar refractivity (Wildman–Crippen MR) is 111 cm³/mol. The van der Waals surface area contributed by atoms with Gasteiger partial charge in [0.25, 0.3) is 0 Å². The number of hydrogen-bond donors (Lipinski definition) is 7. The van der Waals surface area contributed by atoms with Crippen LogP contribution in [0, 0.1) is 0 Å². The molecule has 12 heteroatoms. The number of nitrogens with zero attached hydrogens (tertiary/aromatic N) is 1. The van der Waals surface area contributed by atoms with Gasteiger partial charge in [0.2, 0.25) is 11.8 Å². The number of aliphatic hydroxyl groups is 4. The first-order chi connectivity index (χ1) is 14.7. The van der Waals surface area contributed by atoms with Crippen molar-refractivity contribution < 1.29 is 39.5 Å². The fraction of sp³-hybridized carbons (Fsp3) is 0.842. The third-order valence-electron chi connectivity index (χ3n) is 4.69. The molecule has 2 amide bonds. The SMILES string of the molecule is CCCNC(=O)[C@H](CCCCN=C(C)N)NC(=O)CO[C@@H]1O[C@@H](CO)[C@H](O)[C@@H](O)[C@H]1O. The molecule has 0 aliphatic carbocycles. The Morgan fingerprint density at radius 2 is 1.90 bits per heavy atom. The Balaban J connectivity index is 2.58. The second-order valence-electron chi connectivity index (χ2n) is 7.44. The molecular weight excluding hydrogens is 412 g/mol. The summed E-state index contributed by atoms with van der Waals surface area (Å²) in [4.78, 5) is 28.7. The third kappa shape index (κ3) is 9.46. The standard InChI is InChI=1S/C19H36N4O8/c1-3-7-22-18(29)12(6-4-5-8-21-11(2)20)23-14(25)10-30-19-17(28)16(27)15(26)13(9-24)31-19/h12-13,15-17,19,24,26-28H,3-10H2,1-2H3,(H2,20,21)(H,22,29)(H,23,25)/t12-,13-,15-,16+,17+,19+/m0/s1. The normalized spacial score (nSPS) is 27.5. The van der Waals surface area contributed by atoms with E-state index in [2.05, 4.69) is 15.6 Å². The molecule has 180 valence electrons. The molecular formula is C19H36N4O8. The predicted octanol–water partition coefficient (Wildman–Crippen LogP) is -2.64. The van der Waals surface area contributed by atoms with E-state index in [9.17, 15) is 30.0 Å². The number of hydrogen-bond acceptors (Lipinski definition) is 9. The molecule has 1 aliphatic rings. The number of carbonyl (C=O) groups is 2. The quantitative estimate of drug-likeness (QED) is 0.0895. The van der Waals surface area contributed by atoms with Crippen LogP contribution in [0.15, 0.2) is 4.99 Å². The van der Waals surface area contributed by atoms with E-state index >= 15 is 0 Å². The molecule has 0 radical (unpaired) electrons. The monoisotopic (exact) mass is 448 g/mol. The molecule has 0 unspecified atom stereocenters. The Bertz CT molecular complexity index is 585. The van der Waals surface area contributed by atoms with E-state index < -0.39 is 55.9 Å². The van der Waals surface area contributed by atoms with Gasteiger partial charge in [0, 0.05) is 13.1 Å². The van der Waals surface area contributed by atoms with Crippen molar-refractivity contribution in [1.29, 1.82) is 0 Å². The smallest absolute Gasteiger partial charge is 0.246 e. The molecule has 0 saturated carbocycles. The largest absolute Gasteiger partial charge is 0.394 e. The summed E-state index contributed by atoms with van der Waals surface area (Å²) in [5, 5.41) is 44.0. The molecule has 31 heavy (non-hydrogen) atoms. The second kappa shape index (κ2) is 14.3. The van der Waals surface area contributed by atoms with Gasteiger partial charge < -0.3 is 46.3 Å². The number of unbranched alkanes of at least 4 members (excludes halogenated alkanes) is 1. The summed E-state index contributed by atoms with van der Waals surface area (Å²) in [6.07, 6.45) is -4.83. The summed E-state index contributed by atoms with van der Waals surface area (Å²) in [6.45, 7) is 3.44. The lowest BCUT2D eigenvalue weighted by Crippen LogP contribution is -2.59. The molecule has 0 aromatic heterocycles. The highest BCUT2D eigenvalue weighted by molar-refractivity contribution is 5.88. The summed E-state index contributed by atoms with van der Waals surface area (Å²) < 4.78 is 10.4. The van der Waals surface area contributed by atoms with Gasteiger partial charge in [-0.1, -0.05) is 6.92 Å². The summed E-state index contributed by atoms with van der Waals surface area (Å²) in [7, 11) is 0. The zero-order valence-corrected chi connectivity index (χ0v) is 18.1. The van der Waals surface area contributed by atoms with Gasteiger partial charge in [0.05, 0.1) is 12.4 Å². The van der Waals surface area contributed by atoms with Gasteiger partial charge in [0.15, 0.2) is 6.29 Å². The molecule has 1 heterocycles. The average Bonchev–Trinajstić information content (AvgIpc) is 2.74. The maximum Gasteiger partial charge on any atom is 0.246 e. The van der Waals surface area contributed by atoms with Crippen LogP contribution >= 0.6 is 0 Å². The summed E-state index contributed by atoms with van der Waals surface area (Å²) >= 11 is 0. The Kier molecular flexibility index (Phi) is 12.5. The van der Waals surface area contributed by atoms with E-state index in [1.54, 1.807) is 6.92 Å². The fourth-order valence-electron chi connectivity index (χ4n) is 2.95. The van der Waals surface area contributed by atoms with E-state index in [1.165, 1.54) is 0 Å². The van der Waals surface area contributed by atoms with Crippen LogP contribution in [0.25, 0.3) is 0 Å². The molecule has 8 N–H and O–H groups in total. The number of rotatable bonds is 13. The molecule has 1 saturated heterocycles.